The third-order valence-corrected chi connectivity index (χ3v) is 3.47. The van der Waals surface area contributed by atoms with Crippen LogP contribution in [0.15, 0.2) is 33.2 Å². The van der Waals surface area contributed by atoms with Crippen molar-refractivity contribution in [3.8, 4) is 0 Å². The molecule has 19 heavy (non-hydrogen) atoms. The van der Waals surface area contributed by atoms with Gasteiger partial charge >= 0.3 is 0 Å². The molecule has 0 aliphatic rings. The Hall–Kier alpha value is -0.910. The van der Waals surface area contributed by atoms with Gasteiger partial charge in [0.1, 0.15) is 17.4 Å². The topological polar surface area (TPSA) is 25.2 Å². The van der Waals surface area contributed by atoms with Gasteiger partial charge in [-0.15, -0.1) is 0 Å². The molecule has 0 spiro atoms. The van der Waals surface area contributed by atoms with Crippen LogP contribution < -0.4 is 5.32 Å². The Balaban J connectivity index is 2.53. The van der Waals surface area contributed by atoms with Gasteiger partial charge in [0.25, 0.3) is 0 Å². The minimum Gasteiger partial charge on any atom is -0.448 e. The van der Waals surface area contributed by atoms with Crippen LogP contribution in [0.4, 0.5) is 8.78 Å². The number of hydrogen-bond acceptors (Lipinski definition) is 2. The Morgan fingerprint density at radius 2 is 2.05 bits per heavy atom. The lowest BCUT2D eigenvalue weighted by atomic mass is 10.0. The van der Waals surface area contributed by atoms with Gasteiger partial charge in [-0.2, -0.15) is 0 Å². The predicted molar refractivity (Wildman–Crippen MR) is 73.3 cm³/mol. The van der Waals surface area contributed by atoms with Crippen molar-refractivity contribution in [2.75, 3.05) is 6.54 Å². The van der Waals surface area contributed by atoms with E-state index in [4.69, 9.17) is 16.0 Å². The van der Waals surface area contributed by atoms with Crippen LogP contribution in [0.2, 0.25) is 5.22 Å². The molecule has 2 rings (SSSR count). The molecule has 102 valence electrons. The molecule has 0 aliphatic heterocycles. The molecule has 0 bridgehead atoms. The summed E-state index contributed by atoms with van der Waals surface area (Å²) in [7, 11) is 0. The Morgan fingerprint density at radius 3 is 2.63 bits per heavy atom. The molecule has 0 saturated carbocycles. The standard InChI is InChI=1S/C13H11BrClF2NO/c1-2-18-13(9-5-6-10(15)19-9)11-8(16)4-3-7(14)12(11)17/h3-6,13,18H,2H2,1H3. The molecular formula is C13H11BrClF2NO. The largest absolute Gasteiger partial charge is 0.448 e. The first-order valence-electron chi connectivity index (χ1n) is 5.66. The van der Waals surface area contributed by atoms with Gasteiger partial charge in [0.05, 0.1) is 10.5 Å². The summed E-state index contributed by atoms with van der Waals surface area (Å²) in [6.45, 7) is 2.36. The molecular weight excluding hydrogens is 340 g/mol. The zero-order chi connectivity index (χ0) is 14.0. The normalized spacial score (nSPS) is 12.7. The summed E-state index contributed by atoms with van der Waals surface area (Å²) in [5, 5.41) is 3.16. The third-order valence-electron chi connectivity index (χ3n) is 2.65. The van der Waals surface area contributed by atoms with Crippen LogP contribution in [0.25, 0.3) is 0 Å². The van der Waals surface area contributed by atoms with Gasteiger partial charge in [0, 0.05) is 5.56 Å². The lowest BCUT2D eigenvalue weighted by Gasteiger charge is -2.18. The molecule has 1 aromatic carbocycles. The highest BCUT2D eigenvalue weighted by Gasteiger charge is 2.25. The van der Waals surface area contributed by atoms with E-state index in [0.717, 1.165) is 0 Å². The Labute approximate surface area is 122 Å². The number of nitrogens with one attached hydrogen (secondary N) is 1. The van der Waals surface area contributed by atoms with Crippen molar-refractivity contribution in [3.63, 3.8) is 0 Å². The van der Waals surface area contributed by atoms with Crippen molar-refractivity contribution in [1.29, 1.82) is 0 Å². The maximum Gasteiger partial charge on any atom is 0.193 e. The van der Waals surface area contributed by atoms with Crippen molar-refractivity contribution in [3.05, 3.63) is 56.9 Å². The fourth-order valence-corrected chi connectivity index (χ4v) is 2.34. The Kier molecular flexibility index (Phi) is 4.60. The van der Waals surface area contributed by atoms with Gasteiger partial charge in [-0.1, -0.05) is 6.92 Å². The number of benzene rings is 1. The highest BCUT2D eigenvalue weighted by molar-refractivity contribution is 9.10. The van der Waals surface area contributed by atoms with Crippen LogP contribution in [0.3, 0.4) is 0 Å². The number of halogens is 4. The zero-order valence-corrected chi connectivity index (χ0v) is 12.4. The summed E-state index contributed by atoms with van der Waals surface area (Å²) >= 11 is 8.76. The molecule has 1 N–H and O–H groups in total. The molecule has 2 aromatic rings. The molecule has 2 nitrogen and oxygen atoms in total. The summed E-state index contributed by atoms with van der Waals surface area (Å²) in [5.41, 5.74) is -0.0951. The first-order chi connectivity index (χ1) is 9.04. The molecule has 0 amide bonds. The molecule has 0 radical (unpaired) electrons. The smallest absolute Gasteiger partial charge is 0.193 e. The maximum atomic E-state index is 14.1. The van der Waals surface area contributed by atoms with Crippen LogP contribution in [-0.4, -0.2) is 6.54 Å². The zero-order valence-electron chi connectivity index (χ0n) is 10.0. The summed E-state index contributed by atoms with van der Waals surface area (Å²) < 4.78 is 33.5. The fourth-order valence-electron chi connectivity index (χ4n) is 1.84. The van der Waals surface area contributed by atoms with Gasteiger partial charge in [0.15, 0.2) is 5.22 Å². The van der Waals surface area contributed by atoms with Crippen LogP contribution in [0, 0.1) is 11.6 Å². The predicted octanol–water partition coefficient (Wildman–Crippen LogP) is 4.67. The maximum absolute atomic E-state index is 14.1. The second-order valence-electron chi connectivity index (χ2n) is 3.89. The lowest BCUT2D eigenvalue weighted by molar-refractivity contribution is 0.427. The van der Waals surface area contributed by atoms with Gasteiger partial charge < -0.3 is 9.73 Å². The van der Waals surface area contributed by atoms with E-state index in [2.05, 4.69) is 21.2 Å². The number of furan rings is 1. The van der Waals surface area contributed by atoms with Crippen molar-refractivity contribution >= 4 is 27.5 Å². The summed E-state index contributed by atoms with van der Waals surface area (Å²) in [4.78, 5) is 0. The van der Waals surface area contributed by atoms with Crippen LogP contribution >= 0.6 is 27.5 Å². The third kappa shape index (κ3) is 2.99. The Morgan fingerprint density at radius 1 is 1.32 bits per heavy atom. The van der Waals surface area contributed by atoms with Crippen molar-refractivity contribution < 1.29 is 13.2 Å². The van der Waals surface area contributed by atoms with Gasteiger partial charge in [-0.25, -0.2) is 8.78 Å². The molecule has 0 saturated heterocycles. The second kappa shape index (κ2) is 6.03. The summed E-state index contributed by atoms with van der Waals surface area (Å²) in [6, 6.07) is 4.93. The minimum absolute atomic E-state index is 0.0951. The molecule has 6 heteroatoms. The average molecular weight is 351 g/mol. The summed E-state index contributed by atoms with van der Waals surface area (Å²) in [6.07, 6.45) is 0. The molecule has 1 atom stereocenters. The van der Waals surface area contributed by atoms with E-state index < -0.39 is 17.7 Å². The van der Waals surface area contributed by atoms with Crippen LogP contribution in [-0.2, 0) is 0 Å². The van der Waals surface area contributed by atoms with Crippen molar-refractivity contribution in [1.82, 2.24) is 5.32 Å². The van der Waals surface area contributed by atoms with E-state index in [9.17, 15) is 8.78 Å². The molecule has 1 unspecified atom stereocenters. The van der Waals surface area contributed by atoms with Crippen molar-refractivity contribution in [2.24, 2.45) is 0 Å². The van der Waals surface area contributed by atoms with Crippen molar-refractivity contribution in [2.45, 2.75) is 13.0 Å². The fraction of sp³-hybridized carbons (Fsp3) is 0.231. The monoisotopic (exact) mass is 349 g/mol. The molecule has 0 fully saturated rings. The minimum atomic E-state index is -0.727. The molecule has 1 heterocycles. The highest BCUT2D eigenvalue weighted by atomic mass is 79.9. The van der Waals surface area contributed by atoms with E-state index in [1.807, 2.05) is 6.92 Å². The molecule has 0 aliphatic carbocycles. The van der Waals surface area contributed by atoms with Crippen LogP contribution in [0.1, 0.15) is 24.3 Å². The van der Waals surface area contributed by atoms with Crippen LogP contribution in [0.5, 0.6) is 0 Å². The molecule has 1 aromatic heterocycles. The average Bonchev–Trinajstić information content (AvgIpc) is 2.80. The van der Waals surface area contributed by atoms with E-state index in [0.29, 0.717) is 12.3 Å². The quantitative estimate of drug-likeness (QED) is 0.811. The van der Waals surface area contributed by atoms with E-state index in [1.54, 1.807) is 6.07 Å². The number of rotatable bonds is 4. The van der Waals surface area contributed by atoms with Gasteiger partial charge in [0.2, 0.25) is 0 Å². The number of hydrogen-bond donors (Lipinski definition) is 1. The second-order valence-corrected chi connectivity index (χ2v) is 5.12. The van der Waals surface area contributed by atoms with E-state index in [1.165, 1.54) is 18.2 Å². The van der Waals surface area contributed by atoms with Gasteiger partial charge in [-0.3, -0.25) is 0 Å². The van der Waals surface area contributed by atoms with Gasteiger partial charge in [-0.05, 0) is 58.3 Å². The first kappa shape index (κ1) is 14.5. The highest BCUT2D eigenvalue weighted by Crippen LogP contribution is 2.32. The SMILES string of the molecule is CCNC(c1ccc(Cl)o1)c1c(F)ccc(Br)c1F. The first-order valence-corrected chi connectivity index (χ1v) is 6.83. The van der Waals surface area contributed by atoms with E-state index in [-0.39, 0.29) is 15.3 Å². The van der Waals surface area contributed by atoms with E-state index >= 15 is 0 Å². The Bertz CT molecular complexity index is 588. The summed E-state index contributed by atoms with van der Waals surface area (Å²) in [5.74, 6) is -0.930. The lowest BCUT2D eigenvalue weighted by Crippen LogP contribution is -2.24.